The minimum Gasteiger partial charge on any atom is -0.492 e. The summed E-state index contributed by atoms with van der Waals surface area (Å²) < 4.78 is 31.2. The molecule has 1 fully saturated rings. The van der Waals surface area contributed by atoms with E-state index >= 15 is 0 Å². The lowest BCUT2D eigenvalue weighted by Gasteiger charge is -2.29. The van der Waals surface area contributed by atoms with Crippen LogP contribution in [0.4, 0.5) is 8.78 Å². The van der Waals surface area contributed by atoms with Crippen molar-refractivity contribution in [1.82, 2.24) is 5.32 Å². The van der Waals surface area contributed by atoms with Crippen LogP contribution in [0, 0.1) is 17.6 Å². The van der Waals surface area contributed by atoms with E-state index in [9.17, 15) is 8.78 Å². The van der Waals surface area contributed by atoms with Crippen molar-refractivity contribution in [3.8, 4) is 5.75 Å². The lowest BCUT2D eigenvalue weighted by Crippen LogP contribution is -2.39. The fourth-order valence-corrected chi connectivity index (χ4v) is 2.64. The van der Waals surface area contributed by atoms with Gasteiger partial charge in [-0.05, 0) is 18.8 Å². The third kappa shape index (κ3) is 4.46. The summed E-state index contributed by atoms with van der Waals surface area (Å²) in [5.74, 6) is -0.274. The molecule has 106 valence electrons. The molecule has 1 aromatic rings. The number of nitrogens with one attached hydrogen (secondary N) is 1. The molecule has 2 atom stereocenters. The first-order valence-electron chi connectivity index (χ1n) is 6.97. The van der Waals surface area contributed by atoms with Gasteiger partial charge in [0.15, 0.2) is 0 Å². The van der Waals surface area contributed by atoms with Gasteiger partial charge in [-0.1, -0.05) is 19.8 Å². The molecule has 1 aromatic carbocycles. The summed E-state index contributed by atoms with van der Waals surface area (Å²) in [4.78, 5) is 0. The molecule has 0 saturated heterocycles. The molecule has 2 nitrogen and oxygen atoms in total. The van der Waals surface area contributed by atoms with E-state index in [0.29, 0.717) is 25.1 Å². The van der Waals surface area contributed by atoms with Crippen LogP contribution in [0.15, 0.2) is 18.2 Å². The lowest BCUT2D eigenvalue weighted by atomic mass is 9.86. The summed E-state index contributed by atoms with van der Waals surface area (Å²) in [7, 11) is 0. The Labute approximate surface area is 113 Å². The van der Waals surface area contributed by atoms with Crippen molar-refractivity contribution in [3.05, 3.63) is 29.8 Å². The van der Waals surface area contributed by atoms with Crippen LogP contribution >= 0.6 is 0 Å². The molecule has 19 heavy (non-hydrogen) atoms. The molecule has 4 heteroatoms. The standard InChI is InChI=1S/C15H21F2NO/c1-11-4-2-3-5-15(11)18-6-7-19-14-9-12(16)8-13(17)10-14/h8-11,15,18H,2-7H2,1H3. The highest BCUT2D eigenvalue weighted by Crippen LogP contribution is 2.23. The van der Waals surface area contributed by atoms with Crippen LogP contribution in [0.5, 0.6) is 5.75 Å². The van der Waals surface area contributed by atoms with Crippen LogP contribution in [0.1, 0.15) is 32.6 Å². The van der Waals surface area contributed by atoms with E-state index in [4.69, 9.17) is 4.74 Å². The SMILES string of the molecule is CC1CCCCC1NCCOc1cc(F)cc(F)c1. The Balaban J connectivity index is 1.71. The summed E-state index contributed by atoms with van der Waals surface area (Å²) in [5.41, 5.74) is 0. The van der Waals surface area contributed by atoms with E-state index in [1.807, 2.05) is 0 Å². The van der Waals surface area contributed by atoms with Crippen molar-refractivity contribution in [3.63, 3.8) is 0 Å². The Bertz CT molecular complexity index is 391. The highest BCUT2D eigenvalue weighted by molar-refractivity contribution is 5.23. The Morgan fingerprint density at radius 1 is 1.16 bits per heavy atom. The zero-order valence-corrected chi connectivity index (χ0v) is 11.3. The first-order chi connectivity index (χ1) is 9.15. The molecule has 1 aliphatic carbocycles. The summed E-state index contributed by atoms with van der Waals surface area (Å²) in [5, 5.41) is 3.46. The van der Waals surface area contributed by atoms with E-state index in [-0.39, 0.29) is 5.75 Å². The first kappa shape index (κ1) is 14.3. The molecule has 0 amide bonds. The average molecular weight is 269 g/mol. The molecule has 0 bridgehead atoms. The largest absolute Gasteiger partial charge is 0.492 e. The highest BCUT2D eigenvalue weighted by Gasteiger charge is 2.20. The second-order valence-corrected chi connectivity index (χ2v) is 5.28. The van der Waals surface area contributed by atoms with E-state index in [1.54, 1.807) is 0 Å². The van der Waals surface area contributed by atoms with Crippen LogP contribution in [0.2, 0.25) is 0 Å². The number of benzene rings is 1. The van der Waals surface area contributed by atoms with Crippen LogP contribution in [-0.2, 0) is 0 Å². The van der Waals surface area contributed by atoms with E-state index in [0.717, 1.165) is 6.07 Å². The van der Waals surface area contributed by atoms with Gasteiger partial charge < -0.3 is 10.1 Å². The molecule has 1 aliphatic rings. The quantitative estimate of drug-likeness (QED) is 0.826. The van der Waals surface area contributed by atoms with Gasteiger partial charge in [-0.3, -0.25) is 0 Å². The number of hydrogen-bond acceptors (Lipinski definition) is 2. The van der Waals surface area contributed by atoms with Crippen molar-refractivity contribution in [2.75, 3.05) is 13.2 Å². The zero-order valence-electron chi connectivity index (χ0n) is 11.3. The van der Waals surface area contributed by atoms with Crippen molar-refractivity contribution < 1.29 is 13.5 Å². The predicted octanol–water partition coefficient (Wildman–Crippen LogP) is 3.51. The molecule has 1 saturated carbocycles. The van der Waals surface area contributed by atoms with Crippen molar-refractivity contribution >= 4 is 0 Å². The number of ether oxygens (including phenoxy) is 1. The monoisotopic (exact) mass is 269 g/mol. The first-order valence-corrected chi connectivity index (χ1v) is 6.97. The molecule has 0 aromatic heterocycles. The Kier molecular flexibility index (Phi) is 5.14. The van der Waals surface area contributed by atoms with Crippen molar-refractivity contribution in [1.29, 1.82) is 0 Å². The molecular weight excluding hydrogens is 248 g/mol. The smallest absolute Gasteiger partial charge is 0.129 e. The highest BCUT2D eigenvalue weighted by atomic mass is 19.1. The van der Waals surface area contributed by atoms with Crippen LogP contribution in [0.25, 0.3) is 0 Å². The summed E-state index contributed by atoms with van der Waals surface area (Å²) in [6.07, 6.45) is 5.07. The van der Waals surface area contributed by atoms with Crippen LogP contribution in [0.3, 0.4) is 0 Å². The van der Waals surface area contributed by atoms with Crippen LogP contribution < -0.4 is 10.1 Å². The number of hydrogen-bond donors (Lipinski definition) is 1. The van der Waals surface area contributed by atoms with Gasteiger partial charge in [-0.2, -0.15) is 0 Å². The van der Waals surface area contributed by atoms with Gasteiger partial charge in [-0.25, -0.2) is 8.78 Å². The average Bonchev–Trinajstić information content (AvgIpc) is 2.35. The third-order valence-electron chi connectivity index (χ3n) is 3.72. The summed E-state index contributed by atoms with van der Waals surface area (Å²) in [6.45, 7) is 3.39. The number of halogens is 2. The molecule has 1 N–H and O–H groups in total. The second-order valence-electron chi connectivity index (χ2n) is 5.28. The Morgan fingerprint density at radius 2 is 1.84 bits per heavy atom. The van der Waals surface area contributed by atoms with Crippen molar-refractivity contribution in [2.45, 2.75) is 38.6 Å². The molecular formula is C15H21F2NO. The molecule has 0 heterocycles. The van der Waals surface area contributed by atoms with Gasteiger partial charge in [0.1, 0.15) is 24.0 Å². The minimum absolute atomic E-state index is 0.246. The van der Waals surface area contributed by atoms with Gasteiger partial charge in [0.2, 0.25) is 0 Å². The maximum absolute atomic E-state index is 12.9. The second kappa shape index (κ2) is 6.85. The van der Waals surface area contributed by atoms with Gasteiger partial charge in [-0.15, -0.1) is 0 Å². The molecule has 2 unspecified atom stereocenters. The fourth-order valence-electron chi connectivity index (χ4n) is 2.64. The van der Waals surface area contributed by atoms with Gasteiger partial charge >= 0.3 is 0 Å². The topological polar surface area (TPSA) is 21.3 Å². The molecule has 0 radical (unpaired) electrons. The van der Waals surface area contributed by atoms with Crippen molar-refractivity contribution in [2.24, 2.45) is 5.92 Å². The minimum atomic E-state index is -0.608. The Morgan fingerprint density at radius 3 is 2.53 bits per heavy atom. The maximum atomic E-state index is 12.9. The third-order valence-corrected chi connectivity index (χ3v) is 3.72. The van der Waals surface area contributed by atoms with E-state index in [2.05, 4.69) is 12.2 Å². The summed E-state index contributed by atoms with van der Waals surface area (Å²) >= 11 is 0. The van der Waals surface area contributed by atoms with Gasteiger partial charge in [0.05, 0.1) is 0 Å². The fraction of sp³-hybridized carbons (Fsp3) is 0.600. The molecule has 2 rings (SSSR count). The maximum Gasteiger partial charge on any atom is 0.129 e. The van der Waals surface area contributed by atoms with Gasteiger partial charge in [0.25, 0.3) is 0 Å². The number of rotatable bonds is 5. The molecule has 0 aliphatic heterocycles. The van der Waals surface area contributed by atoms with E-state index in [1.165, 1.54) is 37.8 Å². The van der Waals surface area contributed by atoms with Gasteiger partial charge in [0, 0.05) is 30.8 Å². The zero-order chi connectivity index (χ0) is 13.7. The normalized spacial score (nSPS) is 23.3. The summed E-state index contributed by atoms with van der Waals surface area (Å²) in [6, 6.07) is 3.79. The van der Waals surface area contributed by atoms with Crippen LogP contribution in [-0.4, -0.2) is 19.2 Å². The lowest BCUT2D eigenvalue weighted by molar-refractivity contribution is 0.250. The van der Waals surface area contributed by atoms with E-state index < -0.39 is 11.6 Å². The Hall–Kier alpha value is -1.16. The molecule has 0 spiro atoms. The predicted molar refractivity (Wildman–Crippen MR) is 71.3 cm³/mol.